The van der Waals surface area contributed by atoms with Crippen molar-refractivity contribution in [3.8, 4) is 11.4 Å². The Morgan fingerprint density at radius 1 is 1.38 bits per heavy atom. The molecule has 0 bridgehead atoms. The zero-order chi connectivity index (χ0) is 20.2. The number of carbonyl (C=O) groups is 1. The quantitative estimate of drug-likeness (QED) is 0.704. The fourth-order valence-electron chi connectivity index (χ4n) is 3.66. The molecule has 1 N–H and O–H groups in total. The second kappa shape index (κ2) is 8.38. The lowest BCUT2D eigenvalue weighted by atomic mass is 9.95. The van der Waals surface area contributed by atoms with Gasteiger partial charge in [-0.1, -0.05) is 17.3 Å². The molecule has 1 aliphatic rings. The largest absolute Gasteiger partial charge is 0.340 e. The number of tetrazole rings is 1. The van der Waals surface area contributed by atoms with Crippen molar-refractivity contribution in [3.05, 3.63) is 36.0 Å². The van der Waals surface area contributed by atoms with Crippen LogP contribution >= 0.6 is 0 Å². The predicted octanol–water partition coefficient (Wildman–Crippen LogP) is 2.54. The second-order valence-electron chi connectivity index (χ2n) is 7.22. The lowest BCUT2D eigenvalue weighted by molar-refractivity contribution is 0.176. The van der Waals surface area contributed by atoms with E-state index < -0.39 is 0 Å². The highest BCUT2D eigenvalue weighted by molar-refractivity contribution is 5.90. The Kier molecular flexibility index (Phi) is 5.50. The summed E-state index contributed by atoms with van der Waals surface area (Å²) in [5, 5.41) is 18.7. The molecule has 1 fully saturated rings. The van der Waals surface area contributed by atoms with Crippen molar-refractivity contribution in [1.29, 1.82) is 0 Å². The molecule has 1 aromatic carbocycles. The van der Waals surface area contributed by atoms with E-state index in [0.29, 0.717) is 42.2 Å². The molecular weight excluding hydrogens is 372 g/mol. The number of urea groups is 1. The van der Waals surface area contributed by atoms with Crippen LogP contribution in [0.5, 0.6) is 0 Å². The SMILES string of the molecule is CCn1nnnc1-c1cccc(NC(=O)N2CCCC(Cc3noc(C)n3)C2)c1. The molecular formula is C19H24N8O2. The van der Waals surface area contributed by atoms with E-state index in [1.807, 2.05) is 36.1 Å². The van der Waals surface area contributed by atoms with Crippen molar-refractivity contribution in [2.75, 3.05) is 18.4 Å². The van der Waals surface area contributed by atoms with Crippen LogP contribution in [0.3, 0.4) is 0 Å². The fourth-order valence-corrected chi connectivity index (χ4v) is 3.66. The van der Waals surface area contributed by atoms with Gasteiger partial charge in [0.2, 0.25) is 5.89 Å². The number of amides is 2. The van der Waals surface area contributed by atoms with Gasteiger partial charge in [-0.2, -0.15) is 4.98 Å². The Morgan fingerprint density at radius 3 is 3.07 bits per heavy atom. The molecule has 4 rings (SSSR count). The van der Waals surface area contributed by atoms with Crippen LogP contribution in [0.4, 0.5) is 10.5 Å². The van der Waals surface area contributed by atoms with Crippen molar-refractivity contribution in [2.24, 2.45) is 5.92 Å². The number of carbonyl (C=O) groups excluding carboxylic acids is 1. The van der Waals surface area contributed by atoms with Gasteiger partial charge in [-0.25, -0.2) is 9.48 Å². The van der Waals surface area contributed by atoms with E-state index in [0.717, 1.165) is 31.4 Å². The summed E-state index contributed by atoms with van der Waals surface area (Å²) in [6, 6.07) is 7.46. The van der Waals surface area contributed by atoms with Crippen LogP contribution < -0.4 is 5.32 Å². The predicted molar refractivity (Wildman–Crippen MR) is 105 cm³/mol. The molecule has 1 unspecified atom stereocenters. The van der Waals surface area contributed by atoms with Crippen molar-refractivity contribution in [2.45, 2.75) is 39.7 Å². The summed E-state index contributed by atoms with van der Waals surface area (Å²) in [6.07, 6.45) is 2.73. The number of hydrogen-bond donors (Lipinski definition) is 1. The van der Waals surface area contributed by atoms with Crippen LogP contribution in [0.15, 0.2) is 28.8 Å². The first kappa shape index (κ1) is 19.0. The summed E-state index contributed by atoms with van der Waals surface area (Å²) in [7, 11) is 0. The highest BCUT2D eigenvalue weighted by Gasteiger charge is 2.25. The van der Waals surface area contributed by atoms with Gasteiger partial charge in [0.15, 0.2) is 11.6 Å². The topological polar surface area (TPSA) is 115 Å². The Bertz CT molecular complexity index is 982. The summed E-state index contributed by atoms with van der Waals surface area (Å²) in [5.41, 5.74) is 1.58. The fraction of sp³-hybridized carbons (Fsp3) is 0.474. The van der Waals surface area contributed by atoms with Crippen molar-refractivity contribution in [3.63, 3.8) is 0 Å². The molecule has 1 aliphatic heterocycles. The molecule has 0 saturated carbocycles. The van der Waals surface area contributed by atoms with E-state index in [4.69, 9.17) is 4.52 Å². The van der Waals surface area contributed by atoms with E-state index in [1.165, 1.54) is 0 Å². The molecule has 10 heteroatoms. The van der Waals surface area contributed by atoms with Gasteiger partial charge < -0.3 is 14.7 Å². The Balaban J connectivity index is 1.40. The van der Waals surface area contributed by atoms with Crippen LogP contribution in [-0.2, 0) is 13.0 Å². The summed E-state index contributed by atoms with van der Waals surface area (Å²) < 4.78 is 6.77. The number of benzene rings is 1. The smallest absolute Gasteiger partial charge is 0.321 e. The minimum absolute atomic E-state index is 0.105. The van der Waals surface area contributed by atoms with Crippen LogP contribution in [0.1, 0.15) is 31.5 Å². The van der Waals surface area contributed by atoms with Crippen LogP contribution in [0.25, 0.3) is 11.4 Å². The summed E-state index contributed by atoms with van der Waals surface area (Å²) in [5.74, 6) is 2.28. The summed E-state index contributed by atoms with van der Waals surface area (Å²) in [4.78, 5) is 18.9. The van der Waals surface area contributed by atoms with Gasteiger partial charge in [0.25, 0.3) is 0 Å². The van der Waals surface area contributed by atoms with Crippen LogP contribution in [0.2, 0.25) is 0 Å². The van der Waals surface area contributed by atoms with Gasteiger partial charge >= 0.3 is 6.03 Å². The number of rotatable bonds is 5. The third-order valence-electron chi connectivity index (χ3n) is 5.05. The molecule has 3 heterocycles. The molecule has 0 spiro atoms. The minimum atomic E-state index is -0.105. The first-order valence-electron chi connectivity index (χ1n) is 9.84. The maximum absolute atomic E-state index is 12.8. The van der Waals surface area contributed by atoms with Gasteiger partial charge in [0.1, 0.15) is 0 Å². The number of piperidine rings is 1. The van der Waals surface area contributed by atoms with Crippen LogP contribution in [0, 0.1) is 12.8 Å². The number of anilines is 1. The highest BCUT2D eigenvalue weighted by atomic mass is 16.5. The zero-order valence-electron chi connectivity index (χ0n) is 16.6. The van der Waals surface area contributed by atoms with E-state index in [1.54, 1.807) is 11.6 Å². The molecule has 2 amide bonds. The second-order valence-corrected chi connectivity index (χ2v) is 7.22. The Morgan fingerprint density at radius 2 is 2.28 bits per heavy atom. The van der Waals surface area contributed by atoms with E-state index in [2.05, 4.69) is 31.0 Å². The van der Waals surface area contributed by atoms with Gasteiger partial charge in [-0.15, -0.1) is 5.10 Å². The number of nitrogens with zero attached hydrogens (tertiary/aromatic N) is 7. The number of hydrogen-bond acceptors (Lipinski definition) is 7. The molecule has 2 aromatic heterocycles. The average Bonchev–Trinajstić information content (AvgIpc) is 3.37. The maximum atomic E-state index is 12.8. The maximum Gasteiger partial charge on any atom is 0.321 e. The highest BCUT2D eigenvalue weighted by Crippen LogP contribution is 2.23. The number of nitrogens with one attached hydrogen (secondary N) is 1. The normalized spacial score (nSPS) is 16.8. The van der Waals surface area contributed by atoms with Gasteiger partial charge in [0.05, 0.1) is 0 Å². The monoisotopic (exact) mass is 396 g/mol. The molecule has 0 radical (unpaired) electrons. The average molecular weight is 396 g/mol. The summed E-state index contributed by atoms with van der Waals surface area (Å²) in [6.45, 7) is 5.85. The standard InChI is InChI=1S/C19H24N8O2/c1-3-27-18(22-24-25-27)15-7-4-8-16(11-15)21-19(28)26-9-5-6-14(12-26)10-17-20-13(2)29-23-17/h4,7-8,11,14H,3,5-6,9-10,12H2,1-2H3,(H,21,28). The molecule has 0 aliphatic carbocycles. The molecule has 152 valence electrons. The lowest BCUT2D eigenvalue weighted by Gasteiger charge is -2.32. The van der Waals surface area contributed by atoms with E-state index in [-0.39, 0.29) is 6.03 Å². The van der Waals surface area contributed by atoms with Gasteiger partial charge in [-0.3, -0.25) is 0 Å². The number of aromatic nitrogens is 6. The van der Waals surface area contributed by atoms with Crippen LogP contribution in [-0.4, -0.2) is 54.4 Å². The molecule has 10 nitrogen and oxygen atoms in total. The molecule has 1 atom stereocenters. The third-order valence-corrected chi connectivity index (χ3v) is 5.05. The summed E-state index contributed by atoms with van der Waals surface area (Å²) >= 11 is 0. The Labute approximate surface area is 168 Å². The molecule has 3 aromatic rings. The van der Waals surface area contributed by atoms with Crippen molar-refractivity contribution in [1.82, 2.24) is 35.2 Å². The number of likely N-dealkylation sites (tertiary alicyclic amines) is 1. The van der Waals surface area contributed by atoms with Crippen molar-refractivity contribution >= 4 is 11.7 Å². The van der Waals surface area contributed by atoms with E-state index in [9.17, 15) is 4.79 Å². The Hall–Kier alpha value is -3.30. The number of aryl methyl sites for hydroxylation is 2. The molecule has 29 heavy (non-hydrogen) atoms. The minimum Gasteiger partial charge on any atom is -0.340 e. The van der Waals surface area contributed by atoms with E-state index >= 15 is 0 Å². The van der Waals surface area contributed by atoms with Crippen molar-refractivity contribution < 1.29 is 9.32 Å². The van der Waals surface area contributed by atoms with Gasteiger partial charge in [-0.05, 0) is 48.2 Å². The molecule has 1 saturated heterocycles. The first-order chi connectivity index (χ1) is 14.1. The third kappa shape index (κ3) is 4.41. The zero-order valence-corrected chi connectivity index (χ0v) is 16.6. The van der Waals surface area contributed by atoms with Gasteiger partial charge in [0, 0.05) is 44.2 Å². The first-order valence-corrected chi connectivity index (χ1v) is 9.84. The lowest BCUT2D eigenvalue weighted by Crippen LogP contribution is -2.42.